The first kappa shape index (κ1) is 14.4. The van der Waals surface area contributed by atoms with Crippen LogP contribution in [0.5, 0.6) is 0 Å². The number of carbonyl (C=O) groups is 1. The van der Waals surface area contributed by atoms with Gasteiger partial charge in [0, 0.05) is 5.56 Å². The normalized spacial score (nSPS) is 12.4. The van der Waals surface area contributed by atoms with Crippen LogP contribution in [0.25, 0.3) is 0 Å². The molecule has 17 heavy (non-hydrogen) atoms. The van der Waals surface area contributed by atoms with Gasteiger partial charge < -0.3 is 0 Å². The zero-order valence-electron chi connectivity index (χ0n) is 10.7. The summed E-state index contributed by atoms with van der Waals surface area (Å²) >= 11 is 3.30. The third-order valence-corrected chi connectivity index (χ3v) is 3.33. The van der Waals surface area contributed by atoms with E-state index in [1.165, 1.54) is 31.2 Å². The van der Waals surface area contributed by atoms with Crippen LogP contribution in [0.4, 0.5) is 0 Å². The summed E-state index contributed by atoms with van der Waals surface area (Å²) in [5, 5.41) is 0. The Balaban J connectivity index is 2.47. The first-order valence-corrected chi connectivity index (χ1v) is 7.34. The van der Waals surface area contributed by atoms with E-state index in [1.807, 2.05) is 19.1 Å². The third-order valence-electron chi connectivity index (χ3n) is 2.92. The fourth-order valence-electron chi connectivity index (χ4n) is 1.82. The molecular formula is C15H21BrO. The molecular weight excluding hydrogens is 276 g/mol. The van der Waals surface area contributed by atoms with Gasteiger partial charge in [-0.05, 0) is 25.3 Å². The molecule has 1 aromatic rings. The maximum Gasteiger partial charge on any atom is 0.176 e. The summed E-state index contributed by atoms with van der Waals surface area (Å²) in [7, 11) is 0. The van der Waals surface area contributed by atoms with Gasteiger partial charge in [0.15, 0.2) is 5.78 Å². The SMILES string of the molecule is CCCCCCc1ccc(C(=O)C(C)Br)cc1. The molecule has 0 saturated carbocycles. The van der Waals surface area contributed by atoms with E-state index in [4.69, 9.17) is 0 Å². The number of rotatable bonds is 7. The molecule has 0 bridgehead atoms. The van der Waals surface area contributed by atoms with Gasteiger partial charge in [0.05, 0.1) is 4.83 Å². The Morgan fingerprint density at radius 1 is 1.18 bits per heavy atom. The molecule has 0 aromatic heterocycles. The monoisotopic (exact) mass is 296 g/mol. The van der Waals surface area contributed by atoms with Crippen molar-refractivity contribution in [1.29, 1.82) is 0 Å². The first-order valence-electron chi connectivity index (χ1n) is 6.42. The van der Waals surface area contributed by atoms with Crippen molar-refractivity contribution in [3.8, 4) is 0 Å². The molecule has 0 spiro atoms. The molecule has 1 aromatic carbocycles. The minimum Gasteiger partial charge on any atom is -0.293 e. The molecule has 0 fully saturated rings. The second-order valence-electron chi connectivity index (χ2n) is 4.49. The summed E-state index contributed by atoms with van der Waals surface area (Å²) < 4.78 is 0. The Labute approximate surface area is 113 Å². The molecule has 0 heterocycles. The van der Waals surface area contributed by atoms with Crippen LogP contribution in [0.15, 0.2) is 24.3 Å². The van der Waals surface area contributed by atoms with Crippen molar-refractivity contribution in [3.63, 3.8) is 0 Å². The third kappa shape index (κ3) is 5.03. The number of hydrogen-bond acceptors (Lipinski definition) is 1. The molecule has 1 atom stereocenters. The van der Waals surface area contributed by atoms with E-state index in [0.29, 0.717) is 0 Å². The second-order valence-corrected chi connectivity index (χ2v) is 5.86. The lowest BCUT2D eigenvalue weighted by Crippen LogP contribution is -2.09. The van der Waals surface area contributed by atoms with Gasteiger partial charge in [-0.15, -0.1) is 0 Å². The van der Waals surface area contributed by atoms with Crippen LogP contribution < -0.4 is 0 Å². The number of aryl methyl sites for hydroxylation is 1. The van der Waals surface area contributed by atoms with Crippen LogP contribution >= 0.6 is 15.9 Å². The Morgan fingerprint density at radius 2 is 1.82 bits per heavy atom. The van der Waals surface area contributed by atoms with Crippen molar-refractivity contribution < 1.29 is 4.79 Å². The highest BCUT2D eigenvalue weighted by Gasteiger charge is 2.10. The highest BCUT2D eigenvalue weighted by molar-refractivity contribution is 9.10. The molecule has 1 nitrogen and oxygen atoms in total. The lowest BCUT2D eigenvalue weighted by molar-refractivity contribution is 0.0996. The summed E-state index contributed by atoms with van der Waals surface area (Å²) in [6, 6.07) is 8.04. The molecule has 1 unspecified atom stereocenters. The average Bonchev–Trinajstić information content (AvgIpc) is 2.34. The topological polar surface area (TPSA) is 17.1 Å². The van der Waals surface area contributed by atoms with Crippen molar-refractivity contribution >= 4 is 21.7 Å². The van der Waals surface area contributed by atoms with Gasteiger partial charge in [-0.25, -0.2) is 0 Å². The number of unbranched alkanes of at least 4 members (excludes halogenated alkanes) is 3. The average molecular weight is 297 g/mol. The van der Waals surface area contributed by atoms with E-state index in [0.717, 1.165) is 12.0 Å². The van der Waals surface area contributed by atoms with Gasteiger partial charge in [-0.3, -0.25) is 4.79 Å². The van der Waals surface area contributed by atoms with Gasteiger partial charge in [0.2, 0.25) is 0 Å². The van der Waals surface area contributed by atoms with Crippen molar-refractivity contribution in [2.24, 2.45) is 0 Å². The predicted octanol–water partition coefficient (Wildman–Crippen LogP) is 4.78. The largest absolute Gasteiger partial charge is 0.293 e. The van der Waals surface area contributed by atoms with E-state index in [2.05, 4.69) is 35.0 Å². The molecule has 0 saturated heterocycles. The molecule has 0 radical (unpaired) electrons. The number of halogens is 1. The van der Waals surface area contributed by atoms with E-state index in [-0.39, 0.29) is 10.6 Å². The lowest BCUT2D eigenvalue weighted by atomic mass is 10.0. The smallest absolute Gasteiger partial charge is 0.176 e. The van der Waals surface area contributed by atoms with E-state index in [1.54, 1.807) is 0 Å². The fraction of sp³-hybridized carbons (Fsp3) is 0.533. The molecule has 0 aliphatic rings. The Hall–Kier alpha value is -0.630. The minimum atomic E-state index is -0.0992. The first-order chi connectivity index (χ1) is 8.15. The molecule has 0 amide bonds. The quantitative estimate of drug-likeness (QED) is 0.402. The summed E-state index contributed by atoms with van der Waals surface area (Å²) in [5.74, 6) is 0.155. The highest BCUT2D eigenvalue weighted by Crippen LogP contribution is 2.13. The van der Waals surface area contributed by atoms with Gasteiger partial charge in [-0.2, -0.15) is 0 Å². The maximum atomic E-state index is 11.7. The van der Waals surface area contributed by atoms with Gasteiger partial charge in [0.25, 0.3) is 0 Å². The van der Waals surface area contributed by atoms with Gasteiger partial charge in [0.1, 0.15) is 0 Å². The fourth-order valence-corrected chi connectivity index (χ4v) is 2.09. The Kier molecular flexibility index (Phi) is 6.49. The zero-order valence-corrected chi connectivity index (χ0v) is 12.3. The maximum absolute atomic E-state index is 11.7. The standard InChI is InChI=1S/C15H21BrO/c1-3-4-5-6-7-13-8-10-14(11-9-13)15(17)12(2)16/h8-12H,3-7H2,1-2H3. The van der Waals surface area contributed by atoms with Crippen molar-refractivity contribution in [2.45, 2.75) is 50.8 Å². The number of alkyl halides is 1. The second kappa shape index (κ2) is 7.65. The van der Waals surface area contributed by atoms with E-state index >= 15 is 0 Å². The van der Waals surface area contributed by atoms with Crippen LogP contribution in [0.3, 0.4) is 0 Å². The highest BCUT2D eigenvalue weighted by atomic mass is 79.9. The van der Waals surface area contributed by atoms with Crippen LogP contribution in [0.2, 0.25) is 0 Å². The van der Waals surface area contributed by atoms with E-state index in [9.17, 15) is 4.79 Å². The predicted molar refractivity (Wildman–Crippen MR) is 77.0 cm³/mol. The molecule has 0 N–H and O–H groups in total. The molecule has 94 valence electrons. The molecule has 1 rings (SSSR count). The summed E-state index contributed by atoms with van der Waals surface area (Å²) in [6.45, 7) is 4.09. The Morgan fingerprint density at radius 3 is 2.35 bits per heavy atom. The lowest BCUT2D eigenvalue weighted by Gasteiger charge is -2.05. The molecule has 0 aliphatic heterocycles. The zero-order chi connectivity index (χ0) is 12.7. The van der Waals surface area contributed by atoms with Crippen LogP contribution in [-0.4, -0.2) is 10.6 Å². The van der Waals surface area contributed by atoms with Crippen molar-refractivity contribution in [1.82, 2.24) is 0 Å². The van der Waals surface area contributed by atoms with Crippen molar-refractivity contribution in [3.05, 3.63) is 35.4 Å². The Bertz CT molecular complexity index is 340. The number of hydrogen-bond donors (Lipinski definition) is 0. The number of benzene rings is 1. The van der Waals surface area contributed by atoms with Crippen LogP contribution in [0.1, 0.15) is 55.5 Å². The van der Waals surface area contributed by atoms with Gasteiger partial charge in [-0.1, -0.05) is 66.4 Å². The molecule has 0 aliphatic carbocycles. The van der Waals surface area contributed by atoms with Crippen molar-refractivity contribution in [2.75, 3.05) is 0 Å². The van der Waals surface area contributed by atoms with Crippen LogP contribution in [0, 0.1) is 0 Å². The number of Topliss-reactive ketones (excluding diaryl/α,β-unsaturated/α-hetero) is 1. The number of ketones is 1. The van der Waals surface area contributed by atoms with Gasteiger partial charge >= 0.3 is 0 Å². The molecule has 2 heteroatoms. The summed E-state index contributed by atoms with van der Waals surface area (Å²) in [4.78, 5) is 11.6. The van der Waals surface area contributed by atoms with Crippen LogP contribution in [-0.2, 0) is 6.42 Å². The minimum absolute atomic E-state index is 0.0992. The van der Waals surface area contributed by atoms with E-state index < -0.39 is 0 Å². The summed E-state index contributed by atoms with van der Waals surface area (Å²) in [5.41, 5.74) is 2.13. The number of carbonyl (C=O) groups excluding carboxylic acids is 1. The summed E-state index contributed by atoms with van der Waals surface area (Å²) in [6.07, 6.45) is 6.26.